The van der Waals surface area contributed by atoms with Gasteiger partial charge in [0.25, 0.3) is 0 Å². The molecule has 0 heterocycles. The summed E-state index contributed by atoms with van der Waals surface area (Å²) in [6, 6.07) is 0. The average Bonchev–Trinajstić information content (AvgIpc) is 2.83. The summed E-state index contributed by atoms with van der Waals surface area (Å²) in [5.74, 6) is 2.62. The molecule has 130 valence electrons. The number of ketones is 2. The lowest BCUT2D eigenvalue weighted by molar-refractivity contribution is -0.128. The number of carbonyl (C=O) groups excluding carboxylic acids is 2. The van der Waals surface area contributed by atoms with Crippen LogP contribution in [-0.2, 0) is 9.59 Å². The molecule has 4 aliphatic carbocycles. The van der Waals surface area contributed by atoms with Crippen molar-refractivity contribution < 1.29 is 9.59 Å². The summed E-state index contributed by atoms with van der Waals surface area (Å²) < 4.78 is 0. The Hall–Kier alpha value is -1.18. The molecular weight excluding hydrogens is 296 g/mol. The Morgan fingerprint density at radius 3 is 2.79 bits per heavy atom. The quantitative estimate of drug-likeness (QED) is 0.716. The van der Waals surface area contributed by atoms with Crippen LogP contribution in [0.3, 0.4) is 0 Å². The zero-order valence-corrected chi connectivity index (χ0v) is 15.2. The normalized spacial score (nSPS) is 38.6. The molecule has 24 heavy (non-hydrogen) atoms. The van der Waals surface area contributed by atoms with Crippen molar-refractivity contribution >= 4 is 11.6 Å². The highest BCUT2D eigenvalue weighted by Crippen LogP contribution is 2.61. The number of Topliss-reactive ketones (excluding diaryl/α,β-unsaturated/α-hetero) is 1. The van der Waals surface area contributed by atoms with E-state index in [2.05, 4.69) is 13.8 Å². The molecule has 0 saturated heterocycles. The van der Waals surface area contributed by atoms with Gasteiger partial charge in [-0.05, 0) is 73.5 Å². The first kappa shape index (κ1) is 16.3. The SMILES string of the molecule is CCCC[C@@H]1CC(=O)[C@@]2(C)CCC3=C4CCC(=O)C=C4CC[C@H]3[C@H]12. The van der Waals surface area contributed by atoms with Crippen LogP contribution in [-0.4, -0.2) is 11.6 Å². The van der Waals surface area contributed by atoms with E-state index in [0.29, 0.717) is 35.7 Å². The molecule has 2 fully saturated rings. The molecule has 0 spiro atoms. The first-order valence-electron chi connectivity index (χ1n) is 10.0. The van der Waals surface area contributed by atoms with E-state index in [-0.39, 0.29) is 5.41 Å². The maximum Gasteiger partial charge on any atom is 0.156 e. The number of carbonyl (C=O) groups is 2. The summed E-state index contributed by atoms with van der Waals surface area (Å²) in [5, 5.41) is 0. The largest absolute Gasteiger partial charge is 0.299 e. The van der Waals surface area contributed by atoms with Crippen molar-refractivity contribution in [2.75, 3.05) is 0 Å². The summed E-state index contributed by atoms with van der Waals surface area (Å²) in [6.45, 7) is 4.52. The van der Waals surface area contributed by atoms with Crippen LogP contribution in [0.5, 0.6) is 0 Å². The Balaban J connectivity index is 1.71. The Bertz CT molecular complexity index is 638. The Morgan fingerprint density at radius 2 is 2.00 bits per heavy atom. The molecule has 0 radical (unpaired) electrons. The minimum Gasteiger partial charge on any atom is -0.299 e. The standard InChI is InChI=1S/C22H30O2/c1-3-4-5-15-13-20(24)22(2)11-10-18-17-9-7-16(23)12-14(17)6-8-19(18)21(15)22/h12,15,19,21H,3-11,13H2,1-2H3/t15-,19-,21+,22-/m1/s1. The van der Waals surface area contributed by atoms with Crippen LogP contribution in [0.2, 0.25) is 0 Å². The van der Waals surface area contributed by atoms with E-state index in [1.807, 2.05) is 6.08 Å². The van der Waals surface area contributed by atoms with Gasteiger partial charge in [0.2, 0.25) is 0 Å². The van der Waals surface area contributed by atoms with Crippen LogP contribution in [0.25, 0.3) is 0 Å². The van der Waals surface area contributed by atoms with Gasteiger partial charge in [0.1, 0.15) is 5.78 Å². The van der Waals surface area contributed by atoms with Crippen LogP contribution in [0.4, 0.5) is 0 Å². The number of allylic oxidation sites excluding steroid dienone is 4. The van der Waals surface area contributed by atoms with Crippen LogP contribution in [0, 0.1) is 23.2 Å². The molecule has 0 aromatic rings. The van der Waals surface area contributed by atoms with Crippen LogP contribution in [0.15, 0.2) is 22.8 Å². The van der Waals surface area contributed by atoms with Crippen molar-refractivity contribution in [1.29, 1.82) is 0 Å². The molecule has 0 aliphatic heterocycles. The van der Waals surface area contributed by atoms with Gasteiger partial charge in [0.15, 0.2) is 5.78 Å². The maximum atomic E-state index is 12.8. The van der Waals surface area contributed by atoms with Gasteiger partial charge in [-0.25, -0.2) is 0 Å². The van der Waals surface area contributed by atoms with E-state index in [4.69, 9.17) is 0 Å². The molecule has 2 saturated carbocycles. The average molecular weight is 326 g/mol. The van der Waals surface area contributed by atoms with Crippen molar-refractivity contribution in [3.8, 4) is 0 Å². The molecule has 0 aromatic heterocycles. The lowest BCUT2D eigenvalue weighted by atomic mass is 9.56. The maximum absolute atomic E-state index is 12.8. The molecule has 2 nitrogen and oxygen atoms in total. The van der Waals surface area contributed by atoms with Gasteiger partial charge in [0.05, 0.1) is 0 Å². The van der Waals surface area contributed by atoms with E-state index in [0.717, 1.165) is 38.5 Å². The van der Waals surface area contributed by atoms with Crippen molar-refractivity contribution in [3.05, 3.63) is 22.8 Å². The lowest BCUT2D eigenvalue weighted by Crippen LogP contribution is -2.42. The van der Waals surface area contributed by atoms with Gasteiger partial charge in [-0.15, -0.1) is 0 Å². The third-order valence-electron chi connectivity index (χ3n) is 7.51. The molecular formula is C22H30O2. The fourth-order valence-corrected chi connectivity index (χ4v) is 6.32. The smallest absolute Gasteiger partial charge is 0.156 e. The topological polar surface area (TPSA) is 34.1 Å². The predicted molar refractivity (Wildman–Crippen MR) is 95.5 cm³/mol. The lowest BCUT2D eigenvalue weighted by Gasteiger charge is -2.48. The molecule has 4 rings (SSSR count). The summed E-state index contributed by atoms with van der Waals surface area (Å²) in [5.41, 5.74) is 4.41. The minimum atomic E-state index is -0.0706. The molecule has 0 bridgehead atoms. The molecule has 2 heteroatoms. The molecule has 4 atom stereocenters. The van der Waals surface area contributed by atoms with Gasteiger partial charge in [-0.1, -0.05) is 32.3 Å². The molecule has 4 aliphatic rings. The van der Waals surface area contributed by atoms with Crippen LogP contribution in [0.1, 0.15) is 78.1 Å². The summed E-state index contributed by atoms with van der Waals surface area (Å²) >= 11 is 0. The summed E-state index contributed by atoms with van der Waals surface area (Å²) in [7, 11) is 0. The van der Waals surface area contributed by atoms with E-state index < -0.39 is 0 Å². The van der Waals surface area contributed by atoms with E-state index in [1.165, 1.54) is 30.4 Å². The number of fused-ring (bicyclic) bond motifs is 4. The molecule has 0 aromatic carbocycles. The van der Waals surface area contributed by atoms with Crippen molar-refractivity contribution in [3.63, 3.8) is 0 Å². The second-order valence-electron chi connectivity index (χ2n) is 8.76. The summed E-state index contributed by atoms with van der Waals surface area (Å²) in [6.07, 6.45) is 12.4. The molecule has 0 amide bonds. The summed E-state index contributed by atoms with van der Waals surface area (Å²) in [4.78, 5) is 24.6. The Morgan fingerprint density at radius 1 is 1.17 bits per heavy atom. The van der Waals surface area contributed by atoms with E-state index in [9.17, 15) is 9.59 Å². The molecule has 0 N–H and O–H groups in total. The number of hydrogen-bond donors (Lipinski definition) is 0. The highest BCUT2D eigenvalue weighted by Gasteiger charge is 2.57. The Kier molecular flexibility index (Phi) is 4.05. The first-order valence-corrected chi connectivity index (χ1v) is 10.0. The fourth-order valence-electron chi connectivity index (χ4n) is 6.32. The number of hydrogen-bond acceptors (Lipinski definition) is 2. The monoisotopic (exact) mass is 326 g/mol. The second kappa shape index (κ2) is 5.97. The van der Waals surface area contributed by atoms with Crippen LogP contribution < -0.4 is 0 Å². The predicted octanol–water partition coefficient (Wildman–Crippen LogP) is 5.18. The van der Waals surface area contributed by atoms with Crippen molar-refractivity contribution in [2.45, 2.75) is 78.1 Å². The zero-order valence-electron chi connectivity index (χ0n) is 15.2. The fraction of sp³-hybridized carbons (Fsp3) is 0.727. The highest BCUT2D eigenvalue weighted by atomic mass is 16.1. The van der Waals surface area contributed by atoms with Gasteiger partial charge >= 0.3 is 0 Å². The van der Waals surface area contributed by atoms with Crippen molar-refractivity contribution in [2.24, 2.45) is 23.2 Å². The number of rotatable bonds is 3. The minimum absolute atomic E-state index is 0.0706. The molecule has 0 unspecified atom stereocenters. The van der Waals surface area contributed by atoms with Gasteiger partial charge < -0.3 is 0 Å². The van der Waals surface area contributed by atoms with Gasteiger partial charge in [-0.3, -0.25) is 9.59 Å². The third kappa shape index (κ3) is 2.36. The van der Waals surface area contributed by atoms with Gasteiger partial charge in [0, 0.05) is 18.3 Å². The van der Waals surface area contributed by atoms with Crippen molar-refractivity contribution in [1.82, 2.24) is 0 Å². The number of unbranched alkanes of at least 4 members (excludes halogenated alkanes) is 1. The highest BCUT2D eigenvalue weighted by molar-refractivity contribution is 5.93. The Labute approximate surface area is 145 Å². The van der Waals surface area contributed by atoms with Gasteiger partial charge in [-0.2, -0.15) is 0 Å². The van der Waals surface area contributed by atoms with E-state index in [1.54, 1.807) is 5.57 Å². The van der Waals surface area contributed by atoms with E-state index >= 15 is 0 Å². The zero-order chi connectivity index (χ0) is 16.9. The first-order chi connectivity index (χ1) is 11.5. The third-order valence-corrected chi connectivity index (χ3v) is 7.51. The van der Waals surface area contributed by atoms with Crippen LogP contribution >= 0.6 is 0 Å². The second-order valence-corrected chi connectivity index (χ2v) is 8.76.